The quantitative estimate of drug-likeness (QED) is 0.348. The molecule has 0 radical (unpaired) electrons. The first kappa shape index (κ1) is 17.0. The first-order valence-electron chi connectivity index (χ1n) is 8.57. The largest absolute Gasteiger partial charge is 0.490 e. The molecule has 0 N–H and O–H groups in total. The van der Waals surface area contributed by atoms with Crippen LogP contribution in [-0.4, -0.2) is 18.2 Å². The van der Waals surface area contributed by atoms with E-state index in [0.29, 0.717) is 5.75 Å². The van der Waals surface area contributed by atoms with Gasteiger partial charge in [0.2, 0.25) is 0 Å². The summed E-state index contributed by atoms with van der Waals surface area (Å²) in [6.07, 6.45) is 1.95. The number of ether oxygens (including phenoxy) is 1. The van der Waals surface area contributed by atoms with E-state index >= 15 is 0 Å². The van der Waals surface area contributed by atoms with E-state index in [4.69, 9.17) is 4.74 Å². The van der Waals surface area contributed by atoms with E-state index in [-0.39, 0.29) is 17.2 Å². The fourth-order valence-electron chi connectivity index (χ4n) is 3.39. The van der Waals surface area contributed by atoms with Gasteiger partial charge >= 0.3 is 0 Å². The second-order valence-electron chi connectivity index (χ2n) is 6.17. The number of nitrogens with zero attached hydrogens (tertiary/aromatic N) is 1. The van der Waals surface area contributed by atoms with E-state index in [1.54, 1.807) is 18.2 Å². The summed E-state index contributed by atoms with van der Waals surface area (Å²) < 4.78 is 18.0. The van der Waals surface area contributed by atoms with Gasteiger partial charge < -0.3 is 4.74 Å². The third kappa shape index (κ3) is 3.08. The van der Waals surface area contributed by atoms with Crippen molar-refractivity contribution in [1.29, 1.82) is 0 Å². The normalized spacial score (nSPS) is 13.3. The van der Waals surface area contributed by atoms with Gasteiger partial charge in [0.25, 0.3) is 5.69 Å². The molecule has 4 rings (SSSR count). The van der Waals surface area contributed by atoms with Gasteiger partial charge in [0.1, 0.15) is 19.0 Å². The van der Waals surface area contributed by atoms with E-state index in [2.05, 4.69) is 0 Å². The van der Waals surface area contributed by atoms with Gasteiger partial charge in [-0.1, -0.05) is 42.5 Å². The second kappa shape index (κ2) is 7.03. The van der Waals surface area contributed by atoms with Crippen LogP contribution in [0.4, 0.5) is 10.1 Å². The van der Waals surface area contributed by atoms with Gasteiger partial charge in [-0.25, -0.2) is 4.39 Å². The third-order valence-corrected chi connectivity index (χ3v) is 4.57. The molecule has 0 bridgehead atoms. The minimum Gasteiger partial charge on any atom is -0.490 e. The number of nitro benzene ring substituents is 1. The van der Waals surface area contributed by atoms with Crippen molar-refractivity contribution in [1.82, 2.24) is 0 Å². The molecule has 0 amide bonds. The Morgan fingerprint density at radius 3 is 2.41 bits per heavy atom. The first-order valence-corrected chi connectivity index (χ1v) is 8.57. The summed E-state index contributed by atoms with van der Waals surface area (Å²) >= 11 is 0. The number of para-hydroxylation sites is 1. The Bertz CT molecular complexity index is 1060. The zero-order valence-corrected chi connectivity index (χ0v) is 14.4. The van der Waals surface area contributed by atoms with Gasteiger partial charge in [-0.15, -0.1) is 0 Å². The van der Waals surface area contributed by atoms with E-state index in [9.17, 15) is 14.5 Å². The predicted molar refractivity (Wildman–Crippen MR) is 103 cm³/mol. The molecule has 4 nitrogen and oxygen atoms in total. The topological polar surface area (TPSA) is 52.4 Å². The number of nitro groups is 1. The van der Waals surface area contributed by atoms with Crippen LogP contribution >= 0.6 is 0 Å². The lowest BCUT2D eigenvalue weighted by Gasteiger charge is -2.09. The molecular formula is C22H16FNO3. The van der Waals surface area contributed by atoms with Crippen LogP contribution in [0, 0.1) is 10.1 Å². The molecule has 0 spiro atoms. The number of benzene rings is 3. The third-order valence-electron chi connectivity index (χ3n) is 4.57. The smallest absolute Gasteiger partial charge is 0.270 e. The number of rotatable bonds is 5. The lowest BCUT2D eigenvalue weighted by atomic mass is 10.0. The summed E-state index contributed by atoms with van der Waals surface area (Å²) in [7, 11) is 0. The number of halogens is 1. The summed E-state index contributed by atoms with van der Waals surface area (Å²) in [6, 6.07) is 20.2. The number of fused-ring (bicyclic) bond motifs is 3. The molecule has 0 heterocycles. The maximum Gasteiger partial charge on any atom is 0.270 e. The van der Waals surface area contributed by atoms with Crippen molar-refractivity contribution < 1.29 is 14.1 Å². The molecule has 5 heteroatoms. The lowest BCUT2D eigenvalue weighted by Crippen LogP contribution is -2.00. The van der Waals surface area contributed by atoms with Crippen LogP contribution in [0.1, 0.15) is 16.7 Å². The van der Waals surface area contributed by atoms with Crippen molar-refractivity contribution in [3.8, 4) is 16.9 Å². The molecule has 1 aliphatic rings. The SMILES string of the molecule is O=[N+]([O-])c1ccc2c(c1)C(=Cc1ccccc1OCCF)c1ccccc1-2. The molecule has 0 atom stereocenters. The highest BCUT2D eigenvalue weighted by atomic mass is 19.1. The standard InChI is InChI=1S/C22H16FNO3/c23-11-12-27-22-8-4-1-5-15(22)13-20-18-7-3-2-6-17(18)19-10-9-16(24(25)26)14-21(19)20/h1-10,13-14H,11-12H2. The number of hydrogen-bond acceptors (Lipinski definition) is 3. The van der Waals surface area contributed by atoms with Crippen molar-refractivity contribution in [3.05, 3.63) is 93.5 Å². The number of non-ortho nitro benzene ring substituents is 1. The molecule has 27 heavy (non-hydrogen) atoms. The van der Waals surface area contributed by atoms with Gasteiger partial charge in [0.05, 0.1) is 4.92 Å². The molecule has 0 aliphatic heterocycles. The Kier molecular flexibility index (Phi) is 4.42. The Morgan fingerprint density at radius 1 is 0.926 bits per heavy atom. The molecule has 0 fully saturated rings. The van der Waals surface area contributed by atoms with E-state index < -0.39 is 6.67 Å². The maximum absolute atomic E-state index is 12.5. The minimum absolute atomic E-state index is 0.0150. The zero-order chi connectivity index (χ0) is 18.8. The molecule has 3 aromatic rings. The Balaban J connectivity index is 1.90. The van der Waals surface area contributed by atoms with Gasteiger partial charge in [-0.05, 0) is 46.0 Å². The van der Waals surface area contributed by atoms with E-state index in [1.807, 2.05) is 48.5 Å². The van der Waals surface area contributed by atoms with Crippen molar-refractivity contribution in [2.45, 2.75) is 0 Å². The highest BCUT2D eigenvalue weighted by molar-refractivity contribution is 6.07. The highest BCUT2D eigenvalue weighted by Gasteiger charge is 2.25. The Labute approximate surface area is 155 Å². The van der Waals surface area contributed by atoms with E-state index in [0.717, 1.165) is 33.4 Å². The van der Waals surface area contributed by atoms with Crippen LogP contribution in [-0.2, 0) is 0 Å². The van der Waals surface area contributed by atoms with Crippen molar-refractivity contribution in [2.24, 2.45) is 0 Å². The van der Waals surface area contributed by atoms with Crippen LogP contribution in [0.3, 0.4) is 0 Å². The predicted octanol–water partition coefficient (Wildman–Crippen LogP) is 5.51. The van der Waals surface area contributed by atoms with Gasteiger partial charge in [-0.2, -0.15) is 0 Å². The molecule has 0 aromatic heterocycles. The average Bonchev–Trinajstić information content (AvgIpc) is 3.00. The van der Waals surface area contributed by atoms with Gasteiger partial charge in [0, 0.05) is 17.7 Å². The van der Waals surface area contributed by atoms with Crippen LogP contribution in [0.2, 0.25) is 0 Å². The number of alkyl halides is 1. The first-order chi connectivity index (χ1) is 13.2. The zero-order valence-electron chi connectivity index (χ0n) is 14.4. The summed E-state index contributed by atoms with van der Waals surface area (Å²) in [4.78, 5) is 10.9. The molecule has 3 aromatic carbocycles. The fraction of sp³-hybridized carbons (Fsp3) is 0.0909. The summed E-state index contributed by atoms with van der Waals surface area (Å²) in [5.74, 6) is 0.582. The minimum atomic E-state index is -0.567. The highest BCUT2D eigenvalue weighted by Crippen LogP contribution is 2.46. The molecule has 134 valence electrons. The van der Waals surface area contributed by atoms with Crippen LogP contribution in [0.5, 0.6) is 5.75 Å². The van der Waals surface area contributed by atoms with Crippen molar-refractivity contribution >= 4 is 17.3 Å². The summed E-state index contributed by atoms with van der Waals surface area (Å²) in [5.41, 5.74) is 5.56. The summed E-state index contributed by atoms with van der Waals surface area (Å²) in [6.45, 7) is -0.582. The Morgan fingerprint density at radius 2 is 1.63 bits per heavy atom. The maximum atomic E-state index is 12.5. The van der Waals surface area contributed by atoms with E-state index in [1.165, 1.54) is 6.07 Å². The fourth-order valence-corrected chi connectivity index (χ4v) is 3.39. The van der Waals surface area contributed by atoms with Gasteiger partial charge in [-0.3, -0.25) is 10.1 Å². The van der Waals surface area contributed by atoms with Crippen LogP contribution in [0.25, 0.3) is 22.8 Å². The number of hydrogen-bond donors (Lipinski definition) is 0. The van der Waals surface area contributed by atoms with Crippen LogP contribution in [0.15, 0.2) is 66.7 Å². The lowest BCUT2D eigenvalue weighted by molar-refractivity contribution is -0.384. The second-order valence-corrected chi connectivity index (χ2v) is 6.17. The van der Waals surface area contributed by atoms with Crippen LogP contribution < -0.4 is 4.74 Å². The van der Waals surface area contributed by atoms with Crippen molar-refractivity contribution in [2.75, 3.05) is 13.3 Å². The monoisotopic (exact) mass is 361 g/mol. The molecular weight excluding hydrogens is 345 g/mol. The van der Waals surface area contributed by atoms with Gasteiger partial charge in [0.15, 0.2) is 0 Å². The molecule has 0 unspecified atom stereocenters. The molecule has 1 aliphatic carbocycles. The molecule has 0 saturated carbocycles. The summed E-state index contributed by atoms with van der Waals surface area (Å²) in [5, 5.41) is 11.2. The Hall–Kier alpha value is -3.47. The molecule has 0 saturated heterocycles. The average molecular weight is 361 g/mol. The van der Waals surface area contributed by atoms with Crippen molar-refractivity contribution in [3.63, 3.8) is 0 Å².